The standard InChI is InChI=1S/4C30H46O3/c2*1-25(2)14-16-30(24(32)33)17-15-28(6)19(20(30)18-25)8-9-22-27(5)12-11-23(31)26(3,4)21(27)10-13-29(22,28)7;2*1-19(9-8-10-20(2)26(32)33)21-13-17-30(7)23-11-12-24-27(3,4)25(31)15-16-28(24,5)22(23)14-18-29(21,30)6/h18-19,21-22H,8-17H2,1-7H3,(H,32,33);8,20-22H,9-18H2,1-7H3,(H,32,33);10,19,21,24H,8-9,11-18H2,1-7H3,(H,32,33);10-11,19,21-22,24H,8-9,12-18H2,1-7H3,(H,32,33)/b;;2*20-10-/t19-,21?,22?,27+,28+,29-,30+;20-,21?,22?,27-,28-,29+,30?;19?,21-,24?,28+,29-,30+;19?,21-,22?,24?,28+,29-,30+/m1000/s1. The Labute approximate surface area is 799 Å². The first-order valence-electron chi connectivity index (χ1n) is 54.1. The topological polar surface area (TPSA) is 217 Å². The summed E-state index contributed by atoms with van der Waals surface area (Å²) in [6.45, 7) is 65.6. The lowest BCUT2D eigenvalue weighted by molar-refractivity contribution is -0.213. The molecule has 13 saturated carbocycles. The molecule has 736 valence electrons. The first-order chi connectivity index (χ1) is 60.9. The zero-order valence-corrected chi connectivity index (χ0v) is 88.5. The van der Waals surface area contributed by atoms with Crippen molar-refractivity contribution in [2.24, 2.45) is 185 Å². The summed E-state index contributed by atoms with van der Waals surface area (Å²) in [6, 6.07) is 0. The van der Waals surface area contributed by atoms with Crippen molar-refractivity contribution in [2.75, 3.05) is 0 Å². The van der Waals surface area contributed by atoms with E-state index in [1.54, 1.807) is 30.6 Å². The SMILES string of the molecule is C/C(=C/CCC(C)[C@@H]1CC[C@]2(C)C3=C(CC[C@@]12C)[C@@]1(C)CCC(=O)C(C)(C)C1CC3)C(=O)O.C/C(=C/CCC(C)[C@@H]1CC[C@]2(C)C3=CCC4C(C)(C)C(=O)CC[C@]4(C)C3CC[C@@]12C)C(=O)O.CC1(C)C=C2[C@H]3CCC4[C@@]5(C)CCC(=O)C(C)(C)C5CC[C@@]4(C)[C@@]3(C)CC[C@@]2(C(=O)O)CC1.CC1(C)CCC2(C(=O)O)CC[C@@]3(C)C(=CCC4[C@@]5(C)CCC(=O)C(C)(C)C5CC[C@]43C)[C@@H]2C1. The van der Waals surface area contributed by atoms with Gasteiger partial charge in [0.05, 0.1) is 10.8 Å². The Morgan fingerprint density at radius 2 is 0.811 bits per heavy atom. The van der Waals surface area contributed by atoms with E-state index in [1.807, 2.05) is 12.2 Å². The summed E-state index contributed by atoms with van der Waals surface area (Å²) < 4.78 is 0. The summed E-state index contributed by atoms with van der Waals surface area (Å²) in [5.74, 6) is 5.96. The Kier molecular flexibility index (Phi) is 25.6. The Bertz CT molecular complexity index is 4830. The van der Waals surface area contributed by atoms with Gasteiger partial charge in [-0.1, -0.05) is 238 Å². The van der Waals surface area contributed by atoms with Crippen LogP contribution in [-0.4, -0.2) is 67.4 Å². The van der Waals surface area contributed by atoms with Crippen molar-refractivity contribution in [3.8, 4) is 0 Å². The Morgan fingerprint density at radius 3 is 1.35 bits per heavy atom. The fourth-order valence-electron chi connectivity index (χ4n) is 39.6. The van der Waals surface area contributed by atoms with Crippen molar-refractivity contribution in [3.63, 3.8) is 0 Å². The van der Waals surface area contributed by atoms with Gasteiger partial charge < -0.3 is 20.4 Å². The average molecular weight is 1820 g/mol. The molecule has 0 aliphatic heterocycles. The predicted octanol–water partition coefficient (Wildman–Crippen LogP) is 30.2. The number of fused-ring (bicyclic) bond motifs is 23. The molecule has 13 fully saturated rings. The van der Waals surface area contributed by atoms with E-state index in [0.717, 1.165) is 167 Å². The number of allylic oxidation sites excluding steroid dienone is 9. The fourth-order valence-corrected chi connectivity index (χ4v) is 39.6. The molecule has 0 aromatic carbocycles. The maximum atomic E-state index is 12.9. The highest BCUT2D eigenvalue weighted by atomic mass is 16.4. The molecule has 0 heterocycles. The van der Waals surface area contributed by atoms with Gasteiger partial charge in [-0.15, -0.1) is 0 Å². The van der Waals surface area contributed by atoms with Crippen molar-refractivity contribution < 1.29 is 58.8 Å². The van der Waals surface area contributed by atoms with Crippen LogP contribution in [-0.2, 0) is 38.4 Å². The van der Waals surface area contributed by atoms with Crippen LogP contribution >= 0.6 is 0 Å². The maximum Gasteiger partial charge on any atom is 0.330 e. The molecule has 0 radical (unpaired) electrons. The zero-order valence-electron chi connectivity index (χ0n) is 88.5. The first-order valence-corrected chi connectivity index (χ1v) is 54.1. The van der Waals surface area contributed by atoms with Gasteiger partial charge in [0.15, 0.2) is 0 Å². The minimum Gasteiger partial charge on any atom is -0.481 e. The molecule has 10 unspecified atom stereocenters. The number of hydrogen-bond donors (Lipinski definition) is 4. The molecule has 0 saturated heterocycles. The van der Waals surface area contributed by atoms with E-state index in [-0.39, 0.29) is 92.6 Å². The Balaban J connectivity index is 0.000000135. The van der Waals surface area contributed by atoms with Crippen LogP contribution in [0.25, 0.3) is 0 Å². The third-order valence-corrected chi connectivity index (χ3v) is 49.0. The van der Waals surface area contributed by atoms with Crippen LogP contribution in [0.15, 0.2) is 69.4 Å². The van der Waals surface area contributed by atoms with Gasteiger partial charge in [-0.3, -0.25) is 28.8 Å². The van der Waals surface area contributed by atoms with E-state index < -0.39 is 34.7 Å². The Morgan fingerprint density at radius 1 is 0.356 bits per heavy atom. The van der Waals surface area contributed by atoms with E-state index in [2.05, 4.69) is 198 Å². The molecule has 18 aliphatic carbocycles. The number of rotatable bonds is 12. The van der Waals surface area contributed by atoms with Gasteiger partial charge in [-0.2, -0.15) is 0 Å². The van der Waals surface area contributed by atoms with Crippen LogP contribution in [0, 0.1) is 185 Å². The van der Waals surface area contributed by atoms with Gasteiger partial charge >= 0.3 is 23.9 Å². The maximum absolute atomic E-state index is 12.9. The van der Waals surface area contributed by atoms with Crippen LogP contribution in [0.5, 0.6) is 0 Å². The second-order valence-electron chi connectivity index (χ2n) is 56.1. The van der Waals surface area contributed by atoms with E-state index in [9.17, 15) is 48.6 Å². The van der Waals surface area contributed by atoms with Crippen LogP contribution in [0.1, 0.15) is 444 Å². The van der Waals surface area contributed by atoms with Crippen molar-refractivity contribution in [1.29, 1.82) is 0 Å². The number of aliphatic carboxylic acids is 4. The van der Waals surface area contributed by atoms with E-state index in [4.69, 9.17) is 10.2 Å². The molecule has 0 spiro atoms. The molecule has 0 aromatic heterocycles. The molecule has 27 atom stereocenters. The Hall–Kier alpha value is -5.00. The predicted molar refractivity (Wildman–Crippen MR) is 531 cm³/mol. The van der Waals surface area contributed by atoms with Gasteiger partial charge in [0, 0.05) is 58.5 Å². The smallest absolute Gasteiger partial charge is 0.330 e. The summed E-state index contributed by atoms with van der Waals surface area (Å²) in [7, 11) is 0. The molecule has 12 heteroatoms. The van der Waals surface area contributed by atoms with Crippen LogP contribution < -0.4 is 0 Å². The number of carboxylic acids is 4. The molecule has 0 amide bonds. The molecule has 18 rings (SSSR count). The normalized spacial score (nSPS) is 46.2. The highest BCUT2D eigenvalue weighted by Gasteiger charge is 2.74. The molecular weight excluding hydrogens is 1630 g/mol. The largest absolute Gasteiger partial charge is 0.481 e. The number of hydrogen-bond acceptors (Lipinski definition) is 8. The summed E-state index contributed by atoms with van der Waals surface area (Å²) in [4.78, 5) is 99.1. The van der Waals surface area contributed by atoms with Gasteiger partial charge in [-0.25, -0.2) is 9.59 Å². The zero-order chi connectivity index (χ0) is 97.3. The summed E-state index contributed by atoms with van der Waals surface area (Å²) in [6.07, 6.45) is 52.1. The van der Waals surface area contributed by atoms with Gasteiger partial charge in [-0.05, 0) is 391 Å². The van der Waals surface area contributed by atoms with E-state index >= 15 is 0 Å². The third kappa shape index (κ3) is 14.7. The fraction of sp³-hybridized carbons (Fsp3) is 0.833. The van der Waals surface area contributed by atoms with Gasteiger partial charge in [0.25, 0.3) is 0 Å². The lowest BCUT2D eigenvalue weighted by Gasteiger charge is -2.71. The van der Waals surface area contributed by atoms with E-state index in [1.165, 1.54) is 94.6 Å². The number of carbonyl (C=O) groups excluding carboxylic acids is 4. The van der Waals surface area contributed by atoms with Crippen LogP contribution in [0.4, 0.5) is 0 Å². The molecule has 18 aliphatic rings. The van der Waals surface area contributed by atoms with Crippen molar-refractivity contribution >= 4 is 47.0 Å². The van der Waals surface area contributed by atoms with Crippen molar-refractivity contribution in [2.45, 2.75) is 444 Å². The van der Waals surface area contributed by atoms with Crippen molar-refractivity contribution in [1.82, 2.24) is 0 Å². The lowest BCUT2D eigenvalue weighted by atomic mass is 9.32. The number of carboxylic acid groups (broad SMARTS) is 4. The third-order valence-electron chi connectivity index (χ3n) is 49.0. The second-order valence-corrected chi connectivity index (χ2v) is 56.1. The summed E-state index contributed by atoms with van der Waals surface area (Å²) in [5.41, 5.74) is 9.76. The molecule has 0 bridgehead atoms. The molecule has 4 N–H and O–H groups in total. The minimum atomic E-state index is -0.801. The number of Topliss-reactive ketones (excluding diaryl/α,β-unsaturated/α-hetero) is 4. The van der Waals surface area contributed by atoms with Gasteiger partial charge in [0.2, 0.25) is 0 Å². The molecule has 132 heavy (non-hydrogen) atoms. The van der Waals surface area contributed by atoms with Crippen LogP contribution in [0.2, 0.25) is 0 Å². The highest BCUT2D eigenvalue weighted by Crippen LogP contribution is 2.81. The quantitative estimate of drug-likeness (QED) is 0.106. The highest BCUT2D eigenvalue weighted by molar-refractivity contribution is 5.89. The summed E-state index contributed by atoms with van der Waals surface area (Å²) in [5, 5.41) is 39.3. The number of ketones is 4. The second kappa shape index (κ2) is 33.3. The van der Waals surface area contributed by atoms with Crippen molar-refractivity contribution in [3.05, 3.63) is 69.4 Å². The molecule has 12 nitrogen and oxygen atoms in total. The number of carbonyl (C=O) groups is 8. The van der Waals surface area contributed by atoms with Crippen LogP contribution in [0.3, 0.4) is 0 Å². The molecule has 0 aromatic rings. The summed E-state index contributed by atoms with van der Waals surface area (Å²) >= 11 is 0. The molecular formula is C120H184O12. The minimum absolute atomic E-state index is 0.0620. The van der Waals surface area contributed by atoms with Gasteiger partial charge in [0.1, 0.15) is 23.1 Å². The van der Waals surface area contributed by atoms with E-state index in [0.29, 0.717) is 116 Å². The first kappa shape index (κ1) is 101. The monoisotopic (exact) mass is 1820 g/mol. The lowest BCUT2D eigenvalue weighted by Crippen LogP contribution is -2.65. The average Bonchev–Trinajstić information content (AvgIpc) is 0.959.